The van der Waals surface area contributed by atoms with E-state index in [0.29, 0.717) is 0 Å². The summed E-state index contributed by atoms with van der Waals surface area (Å²) in [5, 5.41) is 5.69. The van der Waals surface area contributed by atoms with Crippen LogP contribution in [0, 0.1) is 0 Å². The first-order valence-electron chi connectivity index (χ1n) is 7.21. The van der Waals surface area contributed by atoms with Crippen LogP contribution in [-0.4, -0.2) is 18.6 Å². The van der Waals surface area contributed by atoms with Crippen LogP contribution in [0.1, 0.15) is 72.1 Å². The molecule has 0 aromatic heterocycles. The maximum absolute atomic E-state index is 11.2. The predicted octanol–water partition coefficient (Wildman–Crippen LogP) is 3.83. The summed E-state index contributed by atoms with van der Waals surface area (Å²) in [6, 6.07) is 0.177. The molecule has 0 saturated heterocycles. The number of unbranched alkanes of at least 4 members (excludes halogenated alkanes) is 7. The molecule has 2 N–H and O–H groups in total. The van der Waals surface area contributed by atoms with Gasteiger partial charge in [-0.25, -0.2) is 4.79 Å². The van der Waals surface area contributed by atoms with E-state index in [1.54, 1.807) is 0 Å². The SMILES string of the molecule is CCCCCCCCCCNC(=O)NC(C)C. The van der Waals surface area contributed by atoms with E-state index in [2.05, 4.69) is 17.6 Å². The molecule has 3 nitrogen and oxygen atoms in total. The fourth-order valence-electron chi connectivity index (χ4n) is 1.77. The molecule has 2 amide bonds. The summed E-state index contributed by atoms with van der Waals surface area (Å²) in [6.07, 6.45) is 10.4. The van der Waals surface area contributed by atoms with Gasteiger partial charge >= 0.3 is 6.03 Å². The van der Waals surface area contributed by atoms with Crippen LogP contribution in [0.5, 0.6) is 0 Å². The number of hydrogen-bond donors (Lipinski definition) is 2. The molecular formula is C14H30N2O. The molecule has 0 bridgehead atoms. The Bertz CT molecular complexity index is 181. The monoisotopic (exact) mass is 242 g/mol. The van der Waals surface area contributed by atoms with Crippen LogP contribution < -0.4 is 10.6 Å². The van der Waals surface area contributed by atoms with E-state index in [9.17, 15) is 4.79 Å². The van der Waals surface area contributed by atoms with Gasteiger partial charge in [-0.2, -0.15) is 0 Å². The predicted molar refractivity (Wildman–Crippen MR) is 74.3 cm³/mol. The Morgan fingerprint density at radius 2 is 1.47 bits per heavy atom. The minimum atomic E-state index is -0.0389. The van der Waals surface area contributed by atoms with Crippen LogP contribution >= 0.6 is 0 Å². The average molecular weight is 242 g/mol. The quantitative estimate of drug-likeness (QED) is 0.562. The second-order valence-electron chi connectivity index (χ2n) is 5.03. The van der Waals surface area contributed by atoms with Gasteiger partial charge in [0.25, 0.3) is 0 Å². The number of hydrogen-bond acceptors (Lipinski definition) is 1. The van der Waals surface area contributed by atoms with Crippen LogP contribution in [0.3, 0.4) is 0 Å². The summed E-state index contributed by atoms with van der Waals surface area (Å²) in [7, 11) is 0. The number of amides is 2. The molecule has 0 aromatic carbocycles. The van der Waals surface area contributed by atoms with Crippen molar-refractivity contribution in [2.75, 3.05) is 6.54 Å². The average Bonchev–Trinajstić information content (AvgIpc) is 2.26. The number of carbonyl (C=O) groups excluding carboxylic acids is 1. The Kier molecular flexibility index (Phi) is 11.2. The summed E-state index contributed by atoms with van der Waals surface area (Å²) >= 11 is 0. The Morgan fingerprint density at radius 1 is 0.941 bits per heavy atom. The normalized spacial score (nSPS) is 10.6. The van der Waals surface area contributed by atoms with E-state index in [4.69, 9.17) is 0 Å². The van der Waals surface area contributed by atoms with E-state index in [0.717, 1.165) is 13.0 Å². The van der Waals surface area contributed by atoms with Gasteiger partial charge in [0.15, 0.2) is 0 Å². The second-order valence-corrected chi connectivity index (χ2v) is 5.03. The number of rotatable bonds is 10. The van der Waals surface area contributed by atoms with E-state index >= 15 is 0 Å². The van der Waals surface area contributed by atoms with Gasteiger partial charge in [0.05, 0.1) is 0 Å². The zero-order chi connectivity index (χ0) is 12.9. The summed E-state index contributed by atoms with van der Waals surface area (Å²) in [4.78, 5) is 11.2. The first-order chi connectivity index (χ1) is 8.16. The molecule has 0 radical (unpaired) electrons. The van der Waals surface area contributed by atoms with Crippen LogP contribution in [0.4, 0.5) is 4.79 Å². The topological polar surface area (TPSA) is 41.1 Å². The molecule has 0 aliphatic heterocycles. The molecule has 0 fully saturated rings. The molecule has 0 saturated carbocycles. The number of carbonyl (C=O) groups is 1. The van der Waals surface area contributed by atoms with Gasteiger partial charge in [-0.15, -0.1) is 0 Å². The lowest BCUT2D eigenvalue weighted by Gasteiger charge is -2.09. The van der Waals surface area contributed by atoms with Crippen molar-refractivity contribution in [3.05, 3.63) is 0 Å². The van der Waals surface area contributed by atoms with Gasteiger partial charge < -0.3 is 10.6 Å². The molecule has 0 aromatic rings. The third-order valence-electron chi connectivity index (χ3n) is 2.74. The van der Waals surface area contributed by atoms with Gasteiger partial charge in [-0.05, 0) is 20.3 Å². The second kappa shape index (κ2) is 11.7. The van der Waals surface area contributed by atoms with Crippen molar-refractivity contribution in [3.63, 3.8) is 0 Å². The molecule has 3 heteroatoms. The van der Waals surface area contributed by atoms with E-state index in [1.807, 2.05) is 13.8 Å². The van der Waals surface area contributed by atoms with Crippen LogP contribution in [0.15, 0.2) is 0 Å². The lowest BCUT2D eigenvalue weighted by molar-refractivity contribution is 0.238. The molecule has 102 valence electrons. The Morgan fingerprint density at radius 3 is 2.00 bits per heavy atom. The van der Waals surface area contributed by atoms with Crippen molar-refractivity contribution in [2.45, 2.75) is 78.2 Å². The third kappa shape index (κ3) is 13.2. The fraction of sp³-hybridized carbons (Fsp3) is 0.929. The maximum atomic E-state index is 11.2. The molecule has 0 aliphatic carbocycles. The summed E-state index contributed by atoms with van der Waals surface area (Å²) < 4.78 is 0. The zero-order valence-corrected chi connectivity index (χ0v) is 11.8. The van der Waals surface area contributed by atoms with Crippen molar-refractivity contribution in [1.82, 2.24) is 10.6 Å². The highest BCUT2D eigenvalue weighted by Gasteiger charge is 2.00. The highest BCUT2D eigenvalue weighted by atomic mass is 16.2. The van der Waals surface area contributed by atoms with Crippen molar-refractivity contribution in [1.29, 1.82) is 0 Å². The van der Waals surface area contributed by atoms with E-state index in [-0.39, 0.29) is 12.1 Å². The summed E-state index contributed by atoms with van der Waals surface area (Å²) in [5.74, 6) is 0. The summed E-state index contributed by atoms with van der Waals surface area (Å²) in [6.45, 7) is 6.98. The fourth-order valence-corrected chi connectivity index (χ4v) is 1.77. The van der Waals surface area contributed by atoms with Crippen molar-refractivity contribution >= 4 is 6.03 Å². The highest BCUT2D eigenvalue weighted by molar-refractivity contribution is 5.73. The van der Waals surface area contributed by atoms with Crippen molar-refractivity contribution in [2.24, 2.45) is 0 Å². The lowest BCUT2D eigenvalue weighted by Crippen LogP contribution is -2.39. The Balaban J connectivity index is 3.10. The number of urea groups is 1. The molecule has 0 atom stereocenters. The third-order valence-corrected chi connectivity index (χ3v) is 2.74. The Hall–Kier alpha value is -0.730. The first-order valence-corrected chi connectivity index (χ1v) is 7.21. The lowest BCUT2D eigenvalue weighted by atomic mass is 10.1. The molecule has 0 spiro atoms. The molecule has 0 heterocycles. The molecule has 0 unspecified atom stereocenters. The standard InChI is InChI=1S/C14H30N2O/c1-4-5-6-7-8-9-10-11-12-15-14(17)16-13(2)3/h13H,4-12H2,1-3H3,(H2,15,16,17). The van der Waals surface area contributed by atoms with E-state index < -0.39 is 0 Å². The van der Waals surface area contributed by atoms with E-state index in [1.165, 1.54) is 44.9 Å². The smallest absolute Gasteiger partial charge is 0.314 e. The van der Waals surface area contributed by atoms with Gasteiger partial charge in [-0.1, -0.05) is 51.9 Å². The van der Waals surface area contributed by atoms with Crippen LogP contribution in [0.25, 0.3) is 0 Å². The van der Waals surface area contributed by atoms with Crippen molar-refractivity contribution < 1.29 is 4.79 Å². The number of nitrogens with one attached hydrogen (secondary N) is 2. The van der Waals surface area contributed by atoms with Gasteiger partial charge in [0, 0.05) is 12.6 Å². The molecule has 17 heavy (non-hydrogen) atoms. The minimum Gasteiger partial charge on any atom is -0.338 e. The molecule has 0 aliphatic rings. The van der Waals surface area contributed by atoms with Crippen molar-refractivity contribution in [3.8, 4) is 0 Å². The van der Waals surface area contributed by atoms with Gasteiger partial charge in [-0.3, -0.25) is 0 Å². The Labute approximate surface area is 107 Å². The molecule has 0 rings (SSSR count). The van der Waals surface area contributed by atoms with Crippen LogP contribution in [-0.2, 0) is 0 Å². The zero-order valence-electron chi connectivity index (χ0n) is 11.8. The van der Waals surface area contributed by atoms with Crippen LogP contribution in [0.2, 0.25) is 0 Å². The van der Waals surface area contributed by atoms with Gasteiger partial charge in [0.1, 0.15) is 0 Å². The largest absolute Gasteiger partial charge is 0.338 e. The summed E-state index contributed by atoms with van der Waals surface area (Å²) in [5.41, 5.74) is 0. The van der Waals surface area contributed by atoms with Gasteiger partial charge in [0.2, 0.25) is 0 Å². The first kappa shape index (κ1) is 16.3. The maximum Gasteiger partial charge on any atom is 0.314 e. The highest BCUT2D eigenvalue weighted by Crippen LogP contribution is 2.07. The molecular weight excluding hydrogens is 212 g/mol. The minimum absolute atomic E-state index is 0.0389.